The zero-order chi connectivity index (χ0) is 14.0. The number of hydrogen-bond acceptors (Lipinski definition) is 5. The summed E-state index contributed by atoms with van der Waals surface area (Å²) in [7, 11) is 0. The van der Waals surface area contributed by atoms with Crippen molar-refractivity contribution < 1.29 is 4.92 Å². The first-order chi connectivity index (χ1) is 9.01. The van der Waals surface area contributed by atoms with Crippen molar-refractivity contribution in [3.63, 3.8) is 0 Å². The molecule has 0 aliphatic rings. The van der Waals surface area contributed by atoms with Crippen LogP contribution in [-0.4, -0.2) is 21.5 Å². The van der Waals surface area contributed by atoms with Gasteiger partial charge in [0.15, 0.2) is 0 Å². The number of nitro benzene ring substituents is 1. The molecule has 4 nitrogen and oxygen atoms in total. The maximum atomic E-state index is 11.1. The Morgan fingerprint density at radius 3 is 2.95 bits per heavy atom. The van der Waals surface area contributed by atoms with E-state index in [1.54, 1.807) is 6.07 Å². The van der Waals surface area contributed by atoms with Gasteiger partial charge in [-0.1, -0.05) is 6.92 Å². The van der Waals surface area contributed by atoms with E-state index in [-0.39, 0.29) is 10.6 Å². The second-order valence-electron chi connectivity index (χ2n) is 4.35. The highest BCUT2D eigenvalue weighted by atomic mass is 35.5. The van der Waals surface area contributed by atoms with Gasteiger partial charge in [0, 0.05) is 17.7 Å². The molecular formula is C12H13ClN2O2S2. The quantitative estimate of drug-likeness (QED) is 0.353. The van der Waals surface area contributed by atoms with Gasteiger partial charge < -0.3 is 0 Å². The number of thioether (sulfide) groups is 1. The van der Waals surface area contributed by atoms with Crippen LogP contribution in [-0.2, 0) is 0 Å². The number of nitro groups is 1. The fourth-order valence-corrected chi connectivity index (χ4v) is 3.73. The van der Waals surface area contributed by atoms with Crippen molar-refractivity contribution in [3.05, 3.63) is 27.3 Å². The summed E-state index contributed by atoms with van der Waals surface area (Å²) in [6.45, 7) is 3.93. The van der Waals surface area contributed by atoms with Crippen molar-refractivity contribution >= 4 is 50.6 Å². The molecule has 0 saturated heterocycles. The molecule has 0 amide bonds. The molecule has 1 heterocycles. The number of benzene rings is 1. The van der Waals surface area contributed by atoms with Crippen LogP contribution >= 0.6 is 34.7 Å². The minimum atomic E-state index is -0.331. The molecule has 0 radical (unpaired) electrons. The highest BCUT2D eigenvalue weighted by molar-refractivity contribution is 7.99. The number of halogens is 1. The Hall–Kier alpha value is -0.850. The van der Waals surface area contributed by atoms with Crippen LogP contribution in [0.3, 0.4) is 0 Å². The van der Waals surface area contributed by atoms with Crippen molar-refractivity contribution in [2.24, 2.45) is 5.92 Å². The van der Waals surface area contributed by atoms with Crippen LogP contribution in [0.5, 0.6) is 0 Å². The Balaban J connectivity index is 2.38. The highest BCUT2D eigenvalue weighted by Gasteiger charge is 2.18. The van der Waals surface area contributed by atoms with Crippen LogP contribution in [0.15, 0.2) is 17.0 Å². The average molecular weight is 317 g/mol. The van der Waals surface area contributed by atoms with E-state index in [4.69, 9.17) is 11.6 Å². The van der Waals surface area contributed by atoms with E-state index in [0.717, 1.165) is 21.0 Å². The van der Waals surface area contributed by atoms with Gasteiger partial charge in [0.25, 0.3) is 5.69 Å². The Labute approximate surface area is 124 Å². The standard InChI is InChI=1S/C12H13ClN2O2S2/c1-7(5-13)6-18-12-3-9-11(19-8(2)14-9)4-10(12)15(16)17/h3-4,7H,5-6H2,1-2H3. The van der Waals surface area contributed by atoms with Crippen LogP contribution in [0.25, 0.3) is 10.2 Å². The maximum Gasteiger partial charge on any atom is 0.284 e. The summed E-state index contributed by atoms with van der Waals surface area (Å²) in [6, 6.07) is 3.43. The van der Waals surface area contributed by atoms with Crippen LogP contribution < -0.4 is 0 Å². The first-order valence-electron chi connectivity index (χ1n) is 5.75. The predicted molar refractivity (Wildman–Crippen MR) is 81.6 cm³/mol. The molecule has 0 spiro atoms. The number of rotatable bonds is 5. The zero-order valence-electron chi connectivity index (χ0n) is 10.6. The van der Waals surface area contributed by atoms with Gasteiger partial charge in [-0.3, -0.25) is 10.1 Å². The first kappa shape index (κ1) is 14.6. The van der Waals surface area contributed by atoms with Gasteiger partial charge in [-0.05, 0) is 18.9 Å². The summed E-state index contributed by atoms with van der Waals surface area (Å²) in [5.41, 5.74) is 0.983. The number of thiazole rings is 1. The molecule has 7 heteroatoms. The van der Waals surface area contributed by atoms with Crippen molar-refractivity contribution in [2.45, 2.75) is 18.7 Å². The number of nitrogens with zero attached hydrogens (tertiary/aromatic N) is 2. The van der Waals surface area contributed by atoms with E-state index < -0.39 is 0 Å². The molecule has 0 saturated carbocycles. The lowest BCUT2D eigenvalue weighted by molar-refractivity contribution is -0.387. The van der Waals surface area contributed by atoms with Gasteiger partial charge in [-0.2, -0.15) is 0 Å². The van der Waals surface area contributed by atoms with Crippen molar-refractivity contribution in [1.82, 2.24) is 4.98 Å². The maximum absolute atomic E-state index is 11.1. The molecule has 0 N–H and O–H groups in total. The second kappa shape index (κ2) is 6.07. The molecule has 102 valence electrons. The minimum absolute atomic E-state index is 0.155. The van der Waals surface area contributed by atoms with Crippen molar-refractivity contribution in [2.75, 3.05) is 11.6 Å². The lowest BCUT2D eigenvalue weighted by Gasteiger charge is -2.07. The van der Waals surface area contributed by atoms with Crippen LogP contribution in [0.4, 0.5) is 5.69 Å². The third kappa shape index (κ3) is 3.38. The molecular weight excluding hydrogens is 304 g/mol. The Bertz CT molecular complexity index is 615. The Kier molecular flexibility index (Phi) is 4.65. The van der Waals surface area contributed by atoms with Crippen LogP contribution in [0.2, 0.25) is 0 Å². The summed E-state index contributed by atoms with van der Waals surface area (Å²) >= 11 is 8.71. The third-order valence-electron chi connectivity index (χ3n) is 2.56. The van der Waals surface area contributed by atoms with Gasteiger partial charge in [0.1, 0.15) is 0 Å². The molecule has 0 aliphatic carbocycles. The summed E-state index contributed by atoms with van der Waals surface area (Å²) in [4.78, 5) is 15.9. The molecule has 2 rings (SSSR count). The number of fused-ring (bicyclic) bond motifs is 1. The SMILES string of the molecule is Cc1nc2cc(SCC(C)CCl)c([N+](=O)[O-])cc2s1. The summed E-state index contributed by atoms with van der Waals surface area (Å²) < 4.78 is 0.860. The van der Waals surface area contributed by atoms with E-state index >= 15 is 0 Å². The molecule has 1 aromatic heterocycles. The van der Waals surface area contributed by atoms with E-state index in [2.05, 4.69) is 4.98 Å². The minimum Gasteiger partial charge on any atom is -0.258 e. The largest absolute Gasteiger partial charge is 0.284 e. The molecule has 2 aromatic rings. The molecule has 0 aliphatic heterocycles. The molecule has 0 bridgehead atoms. The van der Waals surface area contributed by atoms with Gasteiger partial charge in [-0.15, -0.1) is 34.7 Å². The smallest absolute Gasteiger partial charge is 0.258 e. The number of aromatic nitrogens is 1. The molecule has 1 atom stereocenters. The summed E-state index contributed by atoms with van der Waals surface area (Å²) in [6.07, 6.45) is 0. The highest BCUT2D eigenvalue weighted by Crippen LogP contribution is 2.36. The lowest BCUT2D eigenvalue weighted by Crippen LogP contribution is -2.00. The fraction of sp³-hybridized carbons (Fsp3) is 0.417. The third-order valence-corrected chi connectivity index (χ3v) is 5.39. The van der Waals surface area contributed by atoms with Crippen LogP contribution in [0, 0.1) is 23.0 Å². The number of aryl methyl sites for hydroxylation is 1. The monoisotopic (exact) mass is 316 g/mol. The van der Waals surface area contributed by atoms with E-state index in [1.807, 2.05) is 19.9 Å². The van der Waals surface area contributed by atoms with Crippen LogP contribution in [0.1, 0.15) is 11.9 Å². The zero-order valence-corrected chi connectivity index (χ0v) is 12.9. The molecule has 0 fully saturated rings. The lowest BCUT2D eigenvalue weighted by atomic mass is 10.3. The van der Waals surface area contributed by atoms with Gasteiger partial charge in [0.2, 0.25) is 0 Å². The van der Waals surface area contributed by atoms with Gasteiger partial charge in [0.05, 0.1) is 25.0 Å². The molecule has 19 heavy (non-hydrogen) atoms. The van der Waals surface area contributed by atoms with Crippen molar-refractivity contribution in [1.29, 1.82) is 0 Å². The normalized spacial score (nSPS) is 12.8. The van der Waals surface area contributed by atoms with E-state index in [9.17, 15) is 10.1 Å². The van der Waals surface area contributed by atoms with Crippen molar-refractivity contribution in [3.8, 4) is 0 Å². The number of hydrogen-bond donors (Lipinski definition) is 0. The summed E-state index contributed by atoms with van der Waals surface area (Å²) in [5.74, 6) is 1.64. The van der Waals surface area contributed by atoms with E-state index in [1.165, 1.54) is 23.1 Å². The topological polar surface area (TPSA) is 56.0 Å². The Morgan fingerprint density at radius 1 is 1.58 bits per heavy atom. The number of alkyl halides is 1. The second-order valence-corrected chi connectivity index (χ2v) is 6.95. The summed E-state index contributed by atoms with van der Waals surface area (Å²) in [5, 5.41) is 12.1. The first-order valence-corrected chi connectivity index (χ1v) is 8.09. The predicted octanol–water partition coefficient (Wildman–Crippen LogP) is 4.48. The molecule has 1 aromatic carbocycles. The van der Waals surface area contributed by atoms with Gasteiger partial charge in [-0.25, -0.2) is 4.98 Å². The molecule has 1 unspecified atom stereocenters. The van der Waals surface area contributed by atoms with E-state index in [0.29, 0.717) is 16.7 Å². The Morgan fingerprint density at radius 2 is 2.32 bits per heavy atom. The van der Waals surface area contributed by atoms with Gasteiger partial charge >= 0.3 is 0 Å². The average Bonchev–Trinajstić information content (AvgIpc) is 2.73. The fourth-order valence-electron chi connectivity index (χ4n) is 1.59.